The van der Waals surface area contributed by atoms with E-state index in [4.69, 9.17) is 22.1 Å². The van der Waals surface area contributed by atoms with Gasteiger partial charge in [-0.3, -0.25) is 0 Å². The Morgan fingerprint density at radius 3 is 2.73 bits per heavy atom. The second-order valence-corrected chi connectivity index (χ2v) is 7.35. The normalized spacial score (nSPS) is 25.5. The van der Waals surface area contributed by atoms with Gasteiger partial charge in [-0.2, -0.15) is 4.98 Å². The Balaban J connectivity index is 2.18. The molecule has 0 saturated heterocycles. The van der Waals surface area contributed by atoms with Crippen LogP contribution in [0.4, 0.5) is 11.8 Å². The van der Waals surface area contributed by atoms with Gasteiger partial charge in [0, 0.05) is 6.61 Å². The first-order valence-electron chi connectivity index (χ1n) is 6.95. The van der Waals surface area contributed by atoms with E-state index < -0.39 is 5.79 Å². The zero-order valence-electron chi connectivity index (χ0n) is 12.4. The molecule has 1 heterocycles. The fraction of sp³-hybridized carbons (Fsp3) is 0.692. The molecule has 1 aliphatic rings. The molecule has 0 radical (unpaired) electrons. The highest BCUT2D eigenvalue weighted by Crippen LogP contribution is 2.34. The summed E-state index contributed by atoms with van der Waals surface area (Å²) in [6.45, 7) is 3.24. The standard InChI is InChI=1S/C13H20ClIN4O3/c1-13(2,21)22-8-4-6(5-20)3-7(8)17-11-9(15)10(14)18-12(16)19-11/h6-8,20-21H,3-5H2,1-2H3,(H3,16,17,18,19)/t6-,7+,8+/m0/s1. The van der Waals surface area contributed by atoms with Crippen molar-refractivity contribution in [3.05, 3.63) is 8.72 Å². The minimum Gasteiger partial charge on any atom is -0.396 e. The Kier molecular flexibility index (Phi) is 5.70. The van der Waals surface area contributed by atoms with E-state index in [0.717, 1.165) is 0 Å². The molecule has 5 N–H and O–H groups in total. The number of hydrogen-bond acceptors (Lipinski definition) is 7. The Morgan fingerprint density at radius 2 is 2.14 bits per heavy atom. The van der Waals surface area contributed by atoms with Crippen molar-refractivity contribution >= 4 is 46.0 Å². The average molecular weight is 443 g/mol. The van der Waals surface area contributed by atoms with E-state index in [0.29, 0.717) is 22.2 Å². The van der Waals surface area contributed by atoms with Crippen LogP contribution in [0.2, 0.25) is 5.15 Å². The molecule has 0 unspecified atom stereocenters. The van der Waals surface area contributed by atoms with Crippen molar-refractivity contribution in [1.82, 2.24) is 9.97 Å². The highest BCUT2D eigenvalue weighted by atomic mass is 127. The summed E-state index contributed by atoms with van der Waals surface area (Å²) in [5.74, 6) is -0.516. The van der Waals surface area contributed by atoms with Crippen LogP contribution in [0.5, 0.6) is 0 Å². The summed E-state index contributed by atoms with van der Waals surface area (Å²) in [5, 5.41) is 22.8. The summed E-state index contributed by atoms with van der Waals surface area (Å²) in [6.07, 6.45) is 1.11. The van der Waals surface area contributed by atoms with E-state index in [-0.39, 0.29) is 35.8 Å². The molecule has 0 aliphatic heterocycles. The molecule has 3 atom stereocenters. The number of aromatic nitrogens is 2. The molecule has 0 aromatic carbocycles. The largest absolute Gasteiger partial charge is 0.396 e. The number of nitrogen functional groups attached to an aromatic ring is 1. The molecular formula is C13H20ClIN4O3. The third-order valence-electron chi connectivity index (χ3n) is 3.45. The van der Waals surface area contributed by atoms with E-state index in [9.17, 15) is 10.2 Å². The lowest BCUT2D eigenvalue weighted by Gasteiger charge is -2.28. The maximum Gasteiger partial charge on any atom is 0.223 e. The molecule has 22 heavy (non-hydrogen) atoms. The van der Waals surface area contributed by atoms with Crippen LogP contribution in [0.25, 0.3) is 0 Å². The van der Waals surface area contributed by atoms with Gasteiger partial charge in [-0.1, -0.05) is 11.6 Å². The summed E-state index contributed by atoms with van der Waals surface area (Å²) in [4.78, 5) is 8.05. The first-order valence-corrected chi connectivity index (χ1v) is 8.41. The van der Waals surface area contributed by atoms with Crippen LogP contribution in [-0.2, 0) is 4.74 Å². The minimum atomic E-state index is -1.25. The van der Waals surface area contributed by atoms with Gasteiger partial charge in [0.2, 0.25) is 5.95 Å². The van der Waals surface area contributed by atoms with Gasteiger partial charge in [0.25, 0.3) is 0 Å². The number of hydrogen-bond donors (Lipinski definition) is 4. The molecule has 2 rings (SSSR count). The van der Waals surface area contributed by atoms with Gasteiger partial charge in [0.05, 0.1) is 15.7 Å². The smallest absolute Gasteiger partial charge is 0.223 e. The fourth-order valence-electron chi connectivity index (χ4n) is 2.61. The van der Waals surface area contributed by atoms with Crippen molar-refractivity contribution in [1.29, 1.82) is 0 Å². The van der Waals surface area contributed by atoms with Crippen molar-refractivity contribution in [3.8, 4) is 0 Å². The summed E-state index contributed by atoms with van der Waals surface area (Å²) < 4.78 is 6.36. The lowest BCUT2D eigenvalue weighted by molar-refractivity contribution is -0.205. The van der Waals surface area contributed by atoms with Crippen LogP contribution in [0.15, 0.2) is 0 Å². The molecule has 124 valence electrons. The molecule has 7 nitrogen and oxygen atoms in total. The molecule has 1 aliphatic carbocycles. The zero-order valence-corrected chi connectivity index (χ0v) is 15.3. The molecule has 1 saturated carbocycles. The molecule has 1 aromatic rings. The lowest BCUT2D eigenvalue weighted by atomic mass is 10.1. The quantitative estimate of drug-likeness (QED) is 0.311. The Hall–Kier alpha value is -0.420. The third kappa shape index (κ3) is 4.54. The molecule has 1 aromatic heterocycles. The molecule has 0 bridgehead atoms. The van der Waals surface area contributed by atoms with Crippen LogP contribution in [-0.4, -0.2) is 44.7 Å². The highest BCUT2D eigenvalue weighted by Gasteiger charge is 2.38. The Labute approximate surface area is 147 Å². The highest BCUT2D eigenvalue weighted by molar-refractivity contribution is 14.1. The van der Waals surface area contributed by atoms with Gasteiger partial charge in [0.15, 0.2) is 5.79 Å². The van der Waals surface area contributed by atoms with Gasteiger partial charge >= 0.3 is 0 Å². The van der Waals surface area contributed by atoms with E-state index in [1.54, 1.807) is 13.8 Å². The maximum absolute atomic E-state index is 9.88. The second-order valence-electron chi connectivity index (χ2n) is 5.91. The van der Waals surface area contributed by atoms with Crippen LogP contribution < -0.4 is 11.1 Å². The van der Waals surface area contributed by atoms with E-state index in [1.807, 2.05) is 22.6 Å². The van der Waals surface area contributed by atoms with Crippen LogP contribution in [0.3, 0.4) is 0 Å². The molecule has 0 spiro atoms. The van der Waals surface area contributed by atoms with Crippen molar-refractivity contribution in [2.45, 2.75) is 44.6 Å². The number of anilines is 2. The Morgan fingerprint density at radius 1 is 1.45 bits per heavy atom. The lowest BCUT2D eigenvalue weighted by Crippen LogP contribution is -2.38. The van der Waals surface area contributed by atoms with E-state index in [1.165, 1.54) is 0 Å². The van der Waals surface area contributed by atoms with Crippen molar-refractivity contribution in [2.75, 3.05) is 17.7 Å². The number of nitrogens with zero attached hydrogens (tertiary/aromatic N) is 2. The summed E-state index contributed by atoms with van der Waals surface area (Å²) in [5.41, 5.74) is 5.63. The van der Waals surface area contributed by atoms with Gasteiger partial charge < -0.3 is 26.0 Å². The number of rotatable bonds is 5. The van der Waals surface area contributed by atoms with Crippen LogP contribution in [0, 0.1) is 9.49 Å². The van der Waals surface area contributed by atoms with Gasteiger partial charge in [-0.05, 0) is 55.2 Å². The second kappa shape index (κ2) is 7.00. The number of nitrogens with one attached hydrogen (secondary N) is 1. The third-order valence-corrected chi connectivity index (χ3v) is 5.06. The van der Waals surface area contributed by atoms with Crippen molar-refractivity contribution in [2.24, 2.45) is 5.92 Å². The molecular weight excluding hydrogens is 423 g/mol. The minimum absolute atomic E-state index is 0.0770. The van der Waals surface area contributed by atoms with Crippen LogP contribution >= 0.6 is 34.2 Å². The SMILES string of the molecule is CC(C)(O)O[C@@H]1C[C@@H](CO)C[C@H]1Nc1nc(N)nc(Cl)c1I. The number of aliphatic hydroxyl groups excluding tert-OH is 1. The zero-order chi connectivity index (χ0) is 16.5. The number of aliphatic hydroxyl groups is 2. The fourth-order valence-corrected chi connectivity index (χ4v) is 3.18. The number of nitrogens with two attached hydrogens (primary N) is 1. The van der Waals surface area contributed by atoms with Gasteiger partial charge in [-0.25, -0.2) is 4.98 Å². The predicted octanol–water partition coefficient (Wildman–Crippen LogP) is 1.61. The predicted molar refractivity (Wildman–Crippen MR) is 92.6 cm³/mol. The maximum atomic E-state index is 9.88. The summed E-state index contributed by atoms with van der Waals surface area (Å²) >= 11 is 8.06. The van der Waals surface area contributed by atoms with Crippen LogP contribution in [0.1, 0.15) is 26.7 Å². The van der Waals surface area contributed by atoms with Crippen molar-refractivity contribution < 1.29 is 14.9 Å². The van der Waals surface area contributed by atoms with Gasteiger partial charge in [0.1, 0.15) is 11.0 Å². The van der Waals surface area contributed by atoms with E-state index >= 15 is 0 Å². The number of halogens is 2. The molecule has 1 fully saturated rings. The number of ether oxygens (including phenoxy) is 1. The molecule has 9 heteroatoms. The van der Waals surface area contributed by atoms with Gasteiger partial charge in [-0.15, -0.1) is 0 Å². The Bertz CT molecular complexity index is 541. The monoisotopic (exact) mass is 442 g/mol. The molecule has 0 amide bonds. The van der Waals surface area contributed by atoms with E-state index in [2.05, 4.69) is 15.3 Å². The average Bonchev–Trinajstić information content (AvgIpc) is 2.75. The summed E-state index contributed by atoms with van der Waals surface area (Å²) in [7, 11) is 0. The summed E-state index contributed by atoms with van der Waals surface area (Å²) in [6, 6.07) is -0.109. The van der Waals surface area contributed by atoms with Crippen molar-refractivity contribution in [3.63, 3.8) is 0 Å². The topological polar surface area (TPSA) is 114 Å². The first-order chi connectivity index (χ1) is 10.2. The first kappa shape index (κ1) is 17.9.